The fourth-order valence-electron chi connectivity index (χ4n) is 2.98. The molecule has 1 amide bonds. The predicted octanol–water partition coefficient (Wildman–Crippen LogP) is 4.53. The summed E-state index contributed by atoms with van der Waals surface area (Å²) in [6.07, 6.45) is -3.63. The Morgan fingerprint density at radius 2 is 2.14 bits per heavy atom. The van der Waals surface area contributed by atoms with Gasteiger partial charge in [-0.3, -0.25) is 4.79 Å². The van der Waals surface area contributed by atoms with Gasteiger partial charge in [0.05, 0.1) is 5.56 Å². The zero-order chi connectivity index (χ0) is 19.7. The summed E-state index contributed by atoms with van der Waals surface area (Å²) in [4.78, 5) is 15.6. The van der Waals surface area contributed by atoms with E-state index in [9.17, 15) is 18.0 Å². The molecule has 0 radical (unpaired) electrons. The molecule has 146 valence electrons. The number of rotatable bonds is 4. The highest BCUT2D eigenvalue weighted by atomic mass is 32.1. The molecule has 9 heteroatoms. The smallest absolute Gasteiger partial charge is 0.416 e. The van der Waals surface area contributed by atoms with E-state index in [1.54, 1.807) is 16.2 Å². The van der Waals surface area contributed by atoms with Crippen LogP contribution in [0.15, 0.2) is 46.3 Å². The predicted molar refractivity (Wildman–Crippen MR) is 95.0 cm³/mol. The van der Waals surface area contributed by atoms with Crippen molar-refractivity contribution >= 4 is 17.2 Å². The lowest BCUT2D eigenvalue weighted by Crippen LogP contribution is -2.35. The molecule has 0 spiro atoms. The zero-order valence-corrected chi connectivity index (χ0v) is 15.3. The number of ether oxygens (including phenoxy) is 1. The molecule has 0 N–H and O–H groups in total. The Balaban J connectivity index is 1.39. The minimum atomic E-state index is -4.44. The molecule has 28 heavy (non-hydrogen) atoms. The number of hydrogen-bond acceptors (Lipinski definition) is 5. The van der Waals surface area contributed by atoms with Crippen LogP contribution in [0.25, 0.3) is 0 Å². The van der Waals surface area contributed by atoms with Crippen LogP contribution in [0.3, 0.4) is 0 Å². The molecule has 5 nitrogen and oxygen atoms in total. The van der Waals surface area contributed by atoms with Crippen LogP contribution in [-0.4, -0.2) is 22.5 Å². The molecule has 3 aromatic rings. The second-order valence-electron chi connectivity index (χ2n) is 6.34. The van der Waals surface area contributed by atoms with Gasteiger partial charge < -0.3 is 14.2 Å². The Kier molecular flexibility index (Phi) is 4.84. The highest BCUT2D eigenvalue weighted by Gasteiger charge is 2.30. The molecule has 1 aliphatic rings. The number of benzene rings is 1. The van der Waals surface area contributed by atoms with Crippen molar-refractivity contribution in [2.45, 2.75) is 25.7 Å². The molecule has 0 bridgehead atoms. The van der Waals surface area contributed by atoms with E-state index in [4.69, 9.17) is 9.26 Å². The summed E-state index contributed by atoms with van der Waals surface area (Å²) in [5, 5.41) is 5.79. The van der Waals surface area contributed by atoms with Gasteiger partial charge in [0.25, 0.3) is 5.91 Å². The van der Waals surface area contributed by atoms with Crippen LogP contribution in [0.5, 0.6) is 5.75 Å². The second-order valence-corrected chi connectivity index (χ2v) is 7.34. The van der Waals surface area contributed by atoms with Crippen molar-refractivity contribution in [2.75, 3.05) is 6.54 Å². The zero-order valence-electron chi connectivity index (χ0n) is 14.5. The van der Waals surface area contributed by atoms with Gasteiger partial charge >= 0.3 is 6.18 Å². The molecule has 3 heterocycles. The average molecular weight is 408 g/mol. The van der Waals surface area contributed by atoms with E-state index in [-0.39, 0.29) is 29.7 Å². The van der Waals surface area contributed by atoms with Crippen LogP contribution in [0, 0.1) is 0 Å². The lowest BCUT2D eigenvalue weighted by Gasteiger charge is -2.26. The molecule has 0 aliphatic carbocycles. The molecule has 0 saturated carbocycles. The van der Waals surface area contributed by atoms with Crippen LogP contribution in [0.2, 0.25) is 0 Å². The quantitative estimate of drug-likeness (QED) is 0.636. The largest absolute Gasteiger partial charge is 0.486 e. The summed E-state index contributed by atoms with van der Waals surface area (Å²) in [6, 6.07) is 8.03. The Labute approximate surface area is 162 Å². The van der Waals surface area contributed by atoms with E-state index in [0.29, 0.717) is 13.1 Å². The van der Waals surface area contributed by atoms with Gasteiger partial charge in [-0.05, 0) is 41.6 Å². The Bertz CT molecular complexity index is 996. The number of aromatic nitrogens is 1. The van der Waals surface area contributed by atoms with Gasteiger partial charge in [-0.2, -0.15) is 13.2 Å². The first-order valence-electron chi connectivity index (χ1n) is 8.50. The summed E-state index contributed by atoms with van der Waals surface area (Å²) in [5.41, 5.74) is 0.499. The molecule has 1 aliphatic heterocycles. The minimum absolute atomic E-state index is 0.0557. The first kappa shape index (κ1) is 18.5. The number of halogens is 3. The molecular formula is C19H15F3N2O3S. The normalized spacial score (nSPS) is 14.0. The maximum Gasteiger partial charge on any atom is 0.416 e. The standard InChI is InChI=1S/C19H15F3N2O3S/c20-19(21,22)13-2-1-3-14(8-13)26-11-15-9-16(23-27-15)18(25)24-6-4-17-12(10-24)5-7-28-17/h1-3,5,7-9H,4,6,10-11H2. The van der Waals surface area contributed by atoms with Gasteiger partial charge in [0, 0.05) is 24.0 Å². The van der Waals surface area contributed by atoms with E-state index in [2.05, 4.69) is 5.16 Å². The Morgan fingerprint density at radius 3 is 2.96 bits per heavy atom. The fraction of sp³-hybridized carbons (Fsp3) is 0.263. The van der Waals surface area contributed by atoms with Crippen LogP contribution >= 0.6 is 11.3 Å². The van der Waals surface area contributed by atoms with Gasteiger partial charge in [-0.25, -0.2) is 0 Å². The number of carbonyl (C=O) groups is 1. The molecule has 0 fully saturated rings. The lowest BCUT2D eigenvalue weighted by atomic mass is 10.1. The summed E-state index contributed by atoms with van der Waals surface area (Å²) in [7, 11) is 0. The molecule has 1 aromatic carbocycles. The third-order valence-electron chi connectivity index (χ3n) is 4.42. The number of amides is 1. The van der Waals surface area contributed by atoms with Crippen LogP contribution < -0.4 is 4.74 Å². The molecule has 0 unspecified atom stereocenters. The molecule has 2 aromatic heterocycles. The average Bonchev–Trinajstić information content (AvgIpc) is 3.34. The fourth-order valence-corrected chi connectivity index (χ4v) is 3.87. The summed E-state index contributed by atoms with van der Waals surface area (Å²) < 4.78 is 48.7. The lowest BCUT2D eigenvalue weighted by molar-refractivity contribution is -0.137. The van der Waals surface area contributed by atoms with E-state index in [1.807, 2.05) is 11.4 Å². The molecule has 0 atom stereocenters. The summed E-state index contributed by atoms with van der Waals surface area (Å²) in [6.45, 7) is 1.01. The van der Waals surface area contributed by atoms with E-state index in [1.165, 1.54) is 23.1 Å². The first-order chi connectivity index (χ1) is 13.4. The van der Waals surface area contributed by atoms with Crippen molar-refractivity contribution in [3.63, 3.8) is 0 Å². The third-order valence-corrected chi connectivity index (χ3v) is 5.44. The van der Waals surface area contributed by atoms with Crippen LogP contribution in [0.1, 0.15) is 32.3 Å². The van der Waals surface area contributed by atoms with Crippen molar-refractivity contribution in [1.29, 1.82) is 0 Å². The van der Waals surface area contributed by atoms with Gasteiger partial charge in [0.2, 0.25) is 0 Å². The minimum Gasteiger partial charge on any atom is -0.486 e. The van der Waals surface area contributed by atoms with Crippen molar-refractivity contribution in [3.05, 3.63) is 69.2 Å². The second kappa shape index (κ2) is 7.31. The topological polar surface area (TPSA) is 55.6 Å². The van der Waals surface area contributed by atoms with Crippen LogP contribution in [-0.2, 0) is 25.7 Å². The molecule has 0 saturated heterocycles. The number of nitrogens with zero attached hydrogens (tertiary/aromatic N) is 2. The number of fused-ring (bicyclic) bond motifs is 1. The number of alkyl halides is 3. The summed E-state index contributed by atoms with van der Waals surface area (Å²) >= 11 is 1.69. The first-order valence-corrected chi connectivity index (χ1v) is 9.38. The van der Waals surface area contributed by atoms with Gasteiger partial charge in [-0.15, -0.1) is 11.3 Å². The molecular weight excluding hydrogens is 393 g/mol. The number of carbonyl (C=O) groups excluding carboxylic acids is 1. The van der Waals surface area contributed by atoms with E-state index in [0.717, 1.165) is 24.1 Å². The van der Waals surface area contributed by atoms with Gasteiger partial charge in [0.15, 0.2) is 11.5 Å². The van der Waals surface area contributed by atoms with Crippen LogP contribution in [0.4, 0.5) is 13.2 Å². The highest BCUT2D eigenvalue weighted by Crippen LogP contribution is 2.31. The maximum atomic E-state index is 12.7. The molecule has 4 rings (SSSR count). The number of thiophene rings is 1. The van der Waals surface area contributed by atoms with E-state index < -0.39 is 11.7 Å². The Morgan fingerprint density at radius 1 is 1.29 bits per heavy atom. The van der Waals surface area contributed by atoms with Crippen molar-refractivity contribution in [2.24, 2.45) is 0 Å². The van der Waals surface area contributed by atoms with Crippen molar-refractivity contribution in [3.8, 4) is 5.75 Å². The number of hydrogen-bond donors (Lipinski definition) is 0. The van der Waals surface area contributed by atoms with Gasteiger partial charge in [-0.1, -0.05) is 11.2 Å². The van der Waals surface area contributed by atoms with Crippen molar-refractivity contribution in [1.82, 2.24) is 10.1 Å². The maximum absolute atomic E-state index is 12.7. The SMILES string of the molecule is O=C(c1cc(COc2cccc(C(F)(F)F)c2)on1)N1CCc2sccc2C1. The Hall–Kier alpha value is -2.81. The van der Waals surface area contributed by atoms with Crippen molar-refractivity contribution < 1.29 is 27.2 Å². The highest BCUT2D eigenvalue weighted by molar-refractivity contribution is 7.10. The van der Waals surface area contributed by atoms with Gasteiger partial charge in [0.1, 0.15) is 12.4 Å². The monoisotopic (exact) mass is 408 g/mol. The van der Waals surface area contributed by atoms with E-state index >= 15 is 0 Å². The third kappa shape index (κ3) is 3.89. The summed E-state index contributed by atoms with van der Waals surface area (Å²) in [5.74, 6) is 0.0695.